The summed E-state index contributed by atoms with van der Waals surface area (Å²) in [7, 11) is 2.13. The van der Waals surface area contributed by atoms with E-state index in [1.165, 1.54) is 0 Å². The van der Waals surface area contributed by atoms with Gasteiger partial charge in [-0.2, -0.15) is 0 Å². The predicted molar refractivity (Wildman–Crippen MR) is 64.5 cm³/mol. The number of rotatable bonds is 4. The molecule has 94 valence electrons. The number of carbonyl (C=O) groups is 1. The highest BCUT2D eigenvalue weighted by atomic mass is 16.5. The van der Waals surface area contributed by atoms with Crippen LogP contribution in [0.4, 0.5) is 4.79 Å². The van der Waals surface area contributed by atoms with Crippen molar-refractivity contribution < 1.29 is 9.53 Å². The summed E-state index contributed by atoms with van der Waals surface area (Å²) in [5.41, 5.74) is 0. The number of alkyl carbamates (subject to hydrolysis) is 1. The number of unbranched alkanes of at least 4 members (excludes halogenated alkanes) is 1. The van der Waals surface area contributed by atoms with Crippen molar-refractivity contribution >= 4 is 6.09 Å². The maximum atomic E-state index is 11.4. The molecule has 16 heavy (non-hydrogen) atoms. The Labute approximate surface area is 98.3 Å². The van der Waals surface area contributed by atoms with Crippen molar-refractivity contribution in [3.63, 3.8) is 0 Å². The first-order chi connectivity index (χ1) is 7.72. The van der Waals surface area contributed by atoms with Crippen molar-refractivity contribution in [1.29, 1.82) is 0 Å². The van der Waals surface area contributed by atoms with Crippen LogP contribution in [0.1, 0.15) is 39.0 Å². The van der Waals surface area contributed by atoms with Crippen molar-refractivity contribution in [3.05, 3.63) is 0 Å². The molecule has 4 nitrogen and oxygen atoms in total. The van der Waals surface area contributed by atoms with Crippen molar-refractivity contribution in [2.24, 2.45) is 0 Å². The van der Waals surface area contributed by atoms with E-state index in [9.17, 15) is 4.79 Å². The van der Waals surface area contributed by atoms with Crippen molar-refractivity contribution in [1.82, 2.24) is 10.2 Å². The van der Waals surface area contributed by atoms with E-state index < -0.39 is 0 Å². The van der Waals surface area contributed by atoms with E-state index in [4.69, 9.17) is 4.74 Å². The van der Waals surface area contributed by atoms with Crippen LogP contribution in [-0.4, -0.2) is 43.8 Å². The molecule has 0 aromatic carbocycles. The average Bonchev–Trinajstić information content (AvgIpc) is 2.44. The minimum absolute atomic E-state index is 0.247. The maximum absolute atomic E-state index is 11.4. The molecule has 1 rings (SSSR count). The molecule has 1 heterocycles. The highest BCUT2D eigenvalue weighted by Gasteiger charge is 2.16. The Hall–Kier alpha value is -0.770. The molecule has 0 aliphatic carbocycles. The number of nitrogens with one attached hydrogen (secondary N) is 1. The van der Waals surface area contributed by atoms with E-state index in [1.54, 1.807) is 0 Å². The van der Waals surface area contributed by atoms with Crippen LogP contribution in [0.2, 0.25) is 0 Å². The second-order valence-corrected chi connectivity index (χ2v) is 4.56. The van der Waals surface area contributed by atoms with Gasteiger partial charge in [-0.05, 0) is 45.8 Å². The Morgan fingerprint density at radius 1 is 1.44 bits per heavy atom. The number of hydrogen-bond acceptors (Lipinski definition) is 3. The normalized spacial score (nSPS) is 22.5. The zero-order valence-electron chi connectivity index (χ0n) is 10.5. The molecule has 0 aromatic heterocycles. The van der Waals surface area contributed by atoms with Gasteiger partial charge < -0.3 is 15.0 Å². The Morgan fingerprint density at radius 2 is 2.25 bits per heavy atom. The van der Waals surface area contributed by atoms with E-state index in [0.717, 1.165) is 45.2 Å². The number of nitrogens with zero attached hydrogens (tertiary/aromatic N) is 1. The summed E-state index contributed by atoms with van der Waals surface area (Å²) < 4.78 is 5.09. The minimum Gasteiger partial charge on any atom is -0.450 e. The third kappa shape index (κ3) is 5.35. The molecule has 1 atom stereocenters. The quantitative estimate of drug-likeness (QED) is 0.748. The van der Waals surface area contributed by atoms with Gasteiger partial charge in [-0.1, -0.05) is 13.3 Å². The van der Waals surface area contributed by atoms with E-state index >= 15 is 0 Å². The minimum atomic E-state index is -0.247. The molecule has 1 N–H and O–H groups in total. The van der Waals surface area contributed by atoms with Crippen molar-refractivity contribution in [2.75, 3.05) is 26.7 Å². The predicted octanol–water partition coefficient (Wildman–Crippen LogP) is 2.00. The van der Waals surface area contributed by atoms with Gasteiger partial charge >= 0.3 is 6.09 Å². The Balaban J connectivity index is 2.17. The highest BCUT2D eigenvalue weighted by Crippen LogP contribution is 2.09. The number of hydrogen-bond donors (Lipinski definition) is 1. The third-order valence-electron chi connectivity index (χ3n) is 3.00. The van der Waals surface area contributed by atoms with E-state index in [0.29, 0.717) is 12.6 Å². The summed E-state index contributed by atoms with van der Waals surface area (Å²) in [6.45, 7) is 4.81. The van der Waals surface area contributed by atoms with Crippen LogP contribution < -0.4 is 5.32 Å². The molecular formula is C12H24N2O2. The second-order valence-electron chi connectivity index (χ2n) is 4.56. The summed E-state index contributed by atoms with van der Waals surface area (Å²) in [6, 6.07) is 0.291. The van der Waals surface area contributed by atoms with E-state index in [1.807, 2.05) is 0 Å². The summed E-state index contributed by atoms with van der Waals surface area (Å²) in [4.78, 5) is 13.7. The molecule has 0 bridgehead atoms. The lowest BCUT2D eigenvalue weighted by Crippen LogP contribution is -2.36. The first kappa shape index (κ1) is 13.3. The third-order valence-corrected chi connectivity index (χ3v) is 3.00. The van der Waals surface area contributed by atoms with Gasteiger partial charge in [0.2, 0.25) is 0 Å². The van der Waals surface area contributed by atoms with Gasteiger partial charge in [0.15, 0.2) is 0 Å². The maximum Gasteiger partial charge on any atom is 0.407 e. The fourth-order valence-corrected chi connectivity index (χ4v) is 1.90. The van der Waals surface area contributed by atoms with Crippen LogP contribution in [0, 0.1) is 0 Å². The largest absolute Gasteiger partial charge is 0.450 e. The van der Waals surface area contributed by atoms with Crippen molar-refractivity contribution in [2.45, 2.75) is 45.1 Å². The van der Waals surface area contributed by atoms with Crippen LogP contribution in [0.5, 0.6) is 0 Å². The fraction of sp³-hybridized carbons (Fsp3) is 0.917. The van der Waals surface area contributed by atoms with Crippen LogP contribution in [-0.2, 0) is 4.74 Å². The number of likely N-dealkylation sites (tertiary alicyclic amines) is 1. The zero-order valence-corrected chi connectivity index (χ0v) is 10.5. The Kier molecular flexibility index (Phi) is 6.23. The van der Waals surface area contributed by atoms with Crippen LogP contribution in [0.3, 0.4) is 0 Å². The van der Waals surface area contributed by atoms with Gasteiger partial charge in [0.1, 0.15) is 0 Å². The first-order valence-corrected chi connectivity index (χ1v) is 6.34. The summed E-state index contributed by atoms with van der Waals surface area (Å²) in [6.07, 6.45) is 4.99. The lowest BCUT2D eigenvalue weighted by molar-refractivity contribution is 0.139. The smallest absolute Gasteiger partial charge is 0.407 e. The Bertz CT molecular complexity index is 209. The Morgan fingerprint density at radius 3 is 3.00 bits per heavy atom. The zero-order chi connectivity index (χ0) is 11.8. The molecule has 1 amide bonds. The van der Waals surface area contributed by atoms with Gasteiger partial charge in [-0.15, -0.1) is 0 Å². The van der Waals surface area contributed by atoms with Crippen molar-refractivity contribution in [3.8, 4) is 0 Å². The van der Waals surface area contributed by atoms with E-state index in [2.05, 4.69) is 24.2 Å². The highest BCUT2D eigenvalue weighted by molar-refractivity contribution is 5.67. The molecule has 4 heteroatoms. The molecular weight excluding hydrogens is 204 g/mol. The molecule has 0 spiro atoms. The lowest BCUT2D eigenvalue weighted by atomic mass is 10.1. The molecule has 0 radical (unpaired) electrons. The van der Waals surface area contributed by atoms with Gasteiger partial charge in [0.25, 0.3) is 0 Å². The number of carbonyl (C=O) groups excluding carboxylic acids is 1. The SMILES string of the molecule is CCCCOC(=O)NC1CCCN(C)CC1. The molecule has 0 aromatic rings. The first-order valence-electron chi connectivity index (χ1n) is 6.34. The molecule has 1 fully saturated rings. The van der Waals surface area contributed by atoms with Crippen LogP contribution in [0.25, 0.3) is 0 Å². The monoisotopic (exact) mass is 228 g/mol. The lowest BCUT2D eigenvalue weighted by Gasteiger charge is -2.16. The number of ether oxygens (including phenoxy) is 1. The molecule has 1 saturated heterocycles. The molecule has 0 saturated carbocycles. The van der Waals surface area contributed by atoms with Gasteiger partial charge in [0, 0.05) is 6.04 Å². The van der Waals surface area contributed by atoms with Gasteiger partial charge in [-0.3, -0.25) is 0 Å². The summed E-state index contributed by atoms with van der Waals surface area (Å²) in [5.74, 6) is 0. The number of amides is 1. The van der Waals surface area contributed by atoms with Crippen LogP contribution >= 0.6 is 0 Å². The van der Waals surface area contributed by atoms with Gasteiger partial charge in [0.05, 0.1) is 6.61 Å². The fourth-order valence-electron chi connectivity index (χ4n) is 1.90. The standard InChI is InChI=1S/C12H24N2O2/c1-3-4-10-16-12(15)13-11-6-5-8-14(2)9-7-11/h11H,3-10H2,1-2H3,(H,13,15). The molecule has 1 aliphatic rings. The van der Waals surface area contributed by atoms with Crippen LogP contribution in [0.15, 0.2) is 0 Å². The second kappa shape index (κ2) is 7.49. The molecule has 1 unspecified atom stereocenters. The topological polar surface area (TPSA) is 41.6 Å². The summed E-state index contributed by atoms with van der Waals surface area (Å²) in [5, 5.41) is 2.95. The molecule has 1 aliphatic heterocycles. The average molecular weight is 228 g/mol. The van der Waals surface area contributed by atoms with Gasteiger partial charge in [-0.25, -0.2) is 4.79 Å². The van der Waals surface area contributed by atoms with E-state index in [-0.39, 0.29) is 6.09 Å². The summed E-state index contributed by atoms with van der Waals surface area (Å²) >= 11 is 0.